The van der Waals surface area contributed by atoms with Crippen molar-refractivity contribution in [1.29, 1.82) is 0 Å². The average Bonchev–Trinajstić information content (AvgIpc) is 3.47. The average molecular weight is 375 g/mol. The molecule has 1 fully saturated rings. The number of halogens is 2. The normalized spacial score (nSPS) is 14.7. The van der Waals surface area contributed by atoms with Gasteiger partial charge in [-0.15, -0.1) is 0 Å². The molecule has 1 aromatic heterocycles. The van der Waals surface area contributed by atoms with Gasteiger partial charge in [-0.05, 0) is 30.5 Å². The largest absolute Gasteiger partial charge is 0.497 e. The van der Waals surface area contributed by atoms with Crippen LogP contribution in [-0.4, -0.2) is 41.7 Å². The van der Waals surface area contributed by atoms with Crippen LogP contribution in [0.3, 0.4) is 0 Å². The van der Waals surface area contributed by atoms with E-state index in [1.807, 2.05) is 29.6 Å². The third-order valence-electron chi connectivity index (χ3n) is 4.70. The summed E-state index contributed by atoms with van der Waals surface area (Å²) in [4.78, 5) is 31.2. The second kappa shape index (κ2) is 7.77. The zero-order valence-electron chi connectivity index (χ0n) is 14.7. The number of benzene rings is 1. The second-order valence-electron chi connectivity index (χ2n) is 6.52. The third-order valence-corrected chi connectivity index (χ3v) is 4.70. The van der Waals surface area contributed by atoms with Crippen molar-refractivity contribution in [2.75, 3.05) is 13.7 Å². The SMILES string of the molecule is COc1ccc(C2(Cc3ncc(C(=O)CNC(=O)C(F)F)cn3)CC2)cc1. The summed E-state index contributed by atoms with van der Waals surface area (Å²) >= 11 is 0. The van der Waals surface area contributed by atoms with Crippen LogP contribution in [0.2, 0.25) is 0 Å². The lowest BCUT2D eigenvalue weighted by molar-refractivity contribution is -0.131. The molecule has 1 aromatic carbocycles. The van der Waals surface area contributed by atoms with Gasteiger partial charge in [0.1, 0.15) is 11.6 Å². The Balaban J connectivity index is 1.62. The molecule has 2 aromatic rings. The molecule has 1 aliphatic carbocycles. The van der Waals surface area contributed by atoms with Crippen LogP contribution in [0, 0.1) is 0 Å². The summed E-state index contributed by atoms with van der Waals surface area (Å²) in [5, 5.41) is 1.87. The van der Waals surface area contributed by atoms with Crippen molar-refractivity contribution >= 4 is 11.7 Å². The van der Waals surface area contributed by atoms with E-state index in [-0.39, 0.29) is 11.0 Å². The van der Waals surface area contributed by atoms with E-state index >= 15 is 0 Å². The summed E-state index contributed by atoms with van der Waals surface area (Å²) in [6.07, 6.45) is 2.29. The molecule has 0 saturated heterocycles. The van der Waals surface area contributed by atoms with Crippen LogP contribution in [-0.2, 0) is 16.6 Å². The van der Waals surface area contributed by atoms with E-state index < -0.39 is 24.7 Å². The number of ketones is 1. The highest BCUT2D eigenvalue weighted by Crippen LogP contribution is 2.50. The van der Waals surface area contributed by atoms with Gasteiger partial charge in [0.15, 0.2) is 5.78 Å². The Kier molecular flexibility index (Phi) is 5.43. The maximum Gasteiger partial charge on any atom is 0.315 e. The van der Waals surface area contributed by atoms with Crippen LogP contribution in [0.1, 0.15) is 34.6 Å². The lowest BCUT2D eigenvalue weighted by Crippen LogP contribution is -2.34. The van der Waals surface area contributed by atoms with Gasteiger partial charge in [0.05, 0.1) is 19.2 Å². The van der Waals surface area contributed by atoms with E-state index in [9.17, 15) is 18.4 Å². The Bertz CT molecular complexity index is 819. The lowest BCUT2D eigenvalue weighted by Gasteiger charge is -2.15. The molecule has 1 heterocycles. The molecule has 0 bridgehead atoms. The van der Waals surface area contributed by atoms with Crippen molar-refractivity contribution in [3.63, 3.8) is 0 Å². The highest BCUT2D eigenvalue weighted by atomic mass is 19.3. The fourth-order valence-corrected chi connectivity index (χ4v) is 2.90. The lowest BCUT2D eigenvalue weighted by atomic mass is 9.92. The molecule has 27 heavy (non-hydrogen) atoms. The van der Waals surface area contributed by atoms with Crippen molar-refractivity contribution < 1.29 is 23.1 Å². The molecule has 3 rings (SSSR count). The molecule has 0 aliphatic heterocycles. The van der Waals surface area contributed by atoms with Gasteiger partial charge in [-0.1, -0.05) is 12.1 Å². The molecule has 1 amide bonds. The van der Waals surface area contributed by atoms with Crippen molar-refractivity contribution in [2.24, 2.45) is 0 Å². The van der Waals surface area contributed by atoms with Crippen molar-refractivity contribution in [1.82, 2.24) is 15.3 Å². The summed E-state index contributed by atoms with van der Waals surface area (Å²) in [5.74, 6) is -0.591. The van der Waals surface area contributed by atoms with E-state index in [1.54, 1.807) is 7.11 Å². The molecule has 0 atom stereocenters. The van der Waals surface area contributed by atoms with Crippen LogP contribution < -0.4 is 10.1 Å². The smallest absolute Gasteiger partial charge is 0.315 e. The van der Waals surface area contributed by atoms with E-state index in [4.69, 9.17) is 4.74 Å². The molecule has 0 unspecified atom stereocenters. The summed E-state index contributed by atoms with van der Waals surface area (Å²) in [5.41, 5.74) is 1.37. The predicted molar refractivity (Wildman–Crippen MR) is 93.0 cm³/mol. The van der Waals surface area contributed by atoms with E-state index in [2.05, 4.69) is 9.97 Å². The fraction of sp³-hybridized carbons (Fsp3) is 0.368. The van der Waals surface area contributed by atoms with Crippen LogP contribution in [0.4, 0.5) is 8.78 Å². The quantitative estimate of drug-likeness (QED) is 0.716. The Morgan fingerprint density at radius 3 is 2.33 bits per heavy atom. The highest BCUT2D eigenvalue weighted by molar-refractivity contribution is 5.99. The predicted octanol–water partition coefficient (Wildman–Crippen LogP) is 2.32. The Hall–Kier alpha value is -2.90. The molecule has 0 radical (unpaired) electrons. The molecule has 0 spiro atoms. The number of carbonyl (C=O) groups excluding carboxylic acids is 2. The summed E-state index contributed by atoms with van der Waals surface area (Å²) in [7, 11) is 1.62. The standard InChI is InChI=1S/C19H19F2N3O3/c1-27-14-4-2-13(3-5-14)19(6-7-19)8-16-22-9-12(10-23-16)15(25)11-24-18(26)17(20)21/h2-5,9-10,17H,6-8,11H2,1H3,(H,24,26). The Labute approximate surface area is 155 Å². The van der Waals surface area contributed by atoms with Crippen LogP contribution in [0.15, 0.2) is 36.7 Å². The van der Waals surface area contributed by atoms with Gasteiger partial charge in [-0.3, -0.25) is 9.59 Å². The minimum Gasteiger partial charge on any atom is -0.497 e. The number of nitrogens with zero attached hydrogens (tertiary/aromatic N) is 2. The first kappa shape index (κ1) is 18.9. The van der Waals surface area contributed by atoms with Gasteiger partial charge >= 0.3 is 6.43 Å². The van der Waals surface area contributed by atoms with Gasteiger partial charge < -0.3 is 10.1 Å². The van der Waals surface area contributed by atoms with Gasteiger partial charge in [-0.2, -0.15) is 8.78 Å². The number of hydrogen-bond donors (Lipinski definition) is 1. The molecule has 1 N–H and O–H groups in total. The molecular formula is C19H19F2N3O3. The zero-order valence-corrected chi connectivity index (χ0v) is 14.7. The minimum absolute atomic E-state index is 0.00301. The number of hydrogen-bond acceptors (Lipinski definition) is 5. The number of rotatable bonds is 8. The summed E-state index contributed by atoms with van der Waals surface area (Å²) in [6.45, 7) is -0.512. The van der Waals surface area contributed by atoms with Crippen molar-refractivity contribution in [3.05, 3.63) is 53.6 Å². The first-order valence-electron chi connectivity index (χ1n) is 8.48. The topological polar surface area (TPSA) is 81.2 Å². The van der Waals surface area contributed by atoms with E-state index in [0.29, 0.717) is 12.2 Å². The Morgan fingerprint density at radius 2 is 1.81 bits per heavy atom. The minimum atomic E-state index is -3.15. The number of Topliss-reactive ketones (excluding diaryl/α,β-unsaturated/α-hetero) is 1. The molecule has 1 saturated carbocycles. The maximum atomic E-state index is 12.1. The number of methoxy groups -OCH3 is 1. The first-order valence-corrected chi connectivity index (χ1v) is 8.48. The number of aromatic nitrogens is 2. The third kappa shape index (κ3) is 4.45. The van der Waals surface area contributed by atoms with Crippen molar-refractivity contribution in [2.45, 2.75) is 31.1 Å². The van der Waals surface area contributed by atoms with Crippen LogP contribution in [0.25, 0.3) is 0 Å². The van der Waals surface area contributed by atoms with Crippen LogP contribution >= 0.6 is 0 Å². The second-order valence-corrected chi connectivity index (χ2v) is 6.52. The number of amides is 1. The monoisotopic (exact) mass is 375 g/mol. The molecule has 1 aliphatic rings. The summed E-state index contributed by atoms with van der Waals surface area (Å²) in [6, 6.07) is 7.92. The molecular weight excluding hydrogens is 356 g/mol. The highest BCUT2D eigenvalue weighted by Gasteiger charge is 2.44. The molecule has 8 heteroatoms. The molecule has 142 valence electrons. The van der Waals surface area contributed by atoms with E-state index in [0.717, 1.165) is 18.6 Å². The van der Waals surface area contributed by atoms with Crippen LogP contribution in [0.5, 0.6) is 5.75 Å². The first-order chi connectivity index (χ1) is 12.9. The van der Waals surface area contributed by atoms with Gasteiger partial charge in [0.2, 0.25) is 0 Å². The van der Waals surface area contributed by atoms with Gasteiger partial charge in [0.25, 0.3) is 5.91 Å². The van der Waals surface area contributed by atoms with E-state index in [1.165, 1.54) is 18.0 Å². The van der Waals surface area contributed by atoms with Crippen molar-refractivity contribution in [3.8, 4) is 5.75 Å². The molecule has 6 nitrogen and oxygen atoms in total. The fourth-order valence-electron chi connectivity index (χ4n) is 2.90. The number of alkyl halides is 2. The number of carbonyl (C=O) groups is 2. The zero-order chi connectivity index (χ0) is 19.4. The van der Waals surface area contributed by atoms with Gasteiger partial charge in [0, 0.05) is 24.2 Å². The maximum absolute atomic E-state index is 12.1. The van der Waals surface area contributed by atoms with Gasteiger partial charge in [-0.25, -0.2) is 9.97 Å². The summed E-state index contributed by atoms with van der Waals surface area (Å²) < 4.78 is 29.4. The Morgan fingerprint density at radius 1 is 1.19 bits per heavy atom. The number of nitrogens with one attached hydrogen (secondary N) is 1. The number of ether oxygens (including phenoxy) is 1.